The highest BCUT2D eigenvalue weighted by Gasteiger charge is 2.04. The summed E-state index contributed by atoms with van der Waals surface area (Å²) in [5.74, 6) is 0.219. The molecule has 2 rings (SSSR count). The van der Waals surface area contributed by atoms with E-state index >= 15 is 0 Å². The summed E-state index contributed by atoms with van der Waals surface area (Å²) >= 11 is 0. The minimum Gasteiger partial charge on any atom is -0.355 e. The van der Waals surface area contributed by atoms with E-state index in [1.165, 1.54) is 12.1 Å². The molecule has 26 heavy (non-hydrogen) atoms. The van der Waals surface area contributed by atoms with Gasteiger partial charge in [-0.25, -0.2) is 4.39 Å². The molecule has 0 spiro atoms. The fourth-order valence-corrected chi connectivity index (χ4v) is 2.32. The van der Waals surface area contributed by atoms with Crippen molar-refractivity contribution in [3.63, 3.8) is 0 Å². The molecule has 1 aromatic heterocycles. The number of hydrogen-bond donors (Lipinski definition) is 3. The van der Waals surface area contributed by atoms with Gasteiger partial charge in [0.1, 0.15) is 5.82 Å². The Morgan fingerprint density at radius 3 is 2.46 bits per heavy atom. The van der Waals surface area contributed by atoms with Crippen LogP contribution in [0.5, 0.6) is 0 Å². The Balaban J connectivity index is 0.00000338. The molecule has 6 nitrogen and oxygen atoms in total. The highest BCUT2D eigenvalue weighted by molar-refractivity contribution is 14.0. The molecule has 0 atom stereocenters. The van der Waals surface area contributed by atoms with E-state index in [1.54, 1.807) is 19.2 Å². The van der Waals surface area contributed by atoms with Crippen molar-refractivity contribution in [2.75, 3.05) is 26.7 Å². The molecule has 0 fully saturated rings. The normalized spacial score (nSPS) is 10.8. The predicted molar refractivity (Wildman–Crippen MR) is 112 cm³/mol. The van der Waals surface area contributed by atoms with E-state index in [0.717, 1.165) is 13.1 Å². The zero-order chi connectivity index (χ0) is 17.9. The lowest BCUT2D eigenvalue weighted by Crippen LogP contribution is -2.42. The molecule has 1 amide bonds. The van der Waals surface area contributed by atoms with Gasteiger partial charge in [0.15, 0.2) is 5.96 Å². The minimum atomic E-state index is -0.332. The number of rotatable bonds is 8. The number of hydrogen-bond acceptors (Lipinski definition) is 2. The minimum absolute atomic E-state index is 0. The number of nitrogens with zero attached hydrogens (tertiary/aromatic N) is 2. The molecule has 3 N–H and O–H groups in total. The van der Waals surface area contributed by atoms with E-state index in [-0.39, 0.29) is 42.1 Å². The molecule has 1 heterocycles. The molecule has 0 bridgehead atoms. The van der Waals surface area contributed by atoms with Crippen molar-refractivity contribution in [2.45, 2.75) is 13.0 Å². The van der Waals surface area contributed by atoms with Gasteiger partial charge in [-0.3, -0.25) is 9.79 Å². The van der Waals surface area contributed by atoms with Gasteiger partial charge >= 0.3 is 0 Å². The van der Waals surface area contributed by atoms with Crippen molar-refractivity contribution < 1.29 is 9.18 Å². The SMILES string of the molecule is CN=C(NCCNC(=O)Cc1cccc(F)c1)NCCn1cccc1.I. The monoisotopic (exact) mass is 473 g/mol. The van der Waals surface area contributed by atoms with E-state index in [2.05, 4.69) is 25.5 Å². The Hall–Kier alpha value is -2.10. The second-order valence-electron chi connectivity index (χ2n) is 5.50. The molecule has 1 aromatic carbocycles. The summed E-state index contributed by atoms with van der Waals surface area (Å²) in [6.45, 7) is 2.61. The first kappa shape index (κ1) is 21.9. The highest BCUT2D eigenvalue weighted by atomic mass is 127. The maximum Gasteiger partial charge on any atom is 0.224 e. The summed E-state index contributed by atoms with van der Waals surface area (Å²) in [6, 6.07) is 10.0. The topological polar surface area (TPSA) is 70.4 Å². The molecule has 0 radical (unpaired) electrons. The van der Waals surface area contributed by atoms with Gasteiger partial charge in [0, 0.05) is 45.6 Å². The van der Waals surface area contributed by atoms with Gasteiger partial charge in [-0.05, 0) is 29.8 Å². The third-order valence-corrected chi connectivity index (χ3v) is 3.55. The van der Waals surface area contributed by atoms with Crippen LogP contribution in [0.4, 0.5) is 4.39 Å². The molecule has 2 aromatic rings. The van der Waals surface area contributed by atoms with Crippen LogP contribution in [-0.2, 0) is 17.8 Å². The first-order valence-corrected chi connectivity index (χ1v) is 8.24. The first-order chi connectivity index (χ1) is 12.2. The summed E-state index contributed by atoms with van der Waals surface area (Å²) in [5.41, 5.74) is 0.660. The quantitative estimate of drug-likeness (QED) is 0.237. The second-order valence-corrected chi connectivity index (χ2v) is 5.50. The molecule has 0 saturated carbocycles. The van der Waals surface area contributed by atoms with Crippen LogP contribution in [0, 0.1) is 5.82 Å². The van der Waals surface area contributed by atoms with Crippen molar-refractivity contribution in [3.05, 3.63) is 60.2 Å². The van der Waals surface area contributed by atoms with Gasteiger partial charge in [0.25, 0.3) is 0 Å². The van der Waals surface area contributed by atoms with Crippen molar-refractivity contribution in [3.8, 4) is 0 Å². The van der Waals surface area contributed by atoms with Crippen LogP contribution in [0.1, 0.15) is 5.56 Å². The van der Waals surface area contributed by atoms with E-state index in [4.69, 9.17) is 0 Å². The standard InChI is InChI=1S/C18H24FN5O.HI/c1-20-18(23-9-12-24-10-2-3-11-24)22-8-7-21-17(25)14-15-5-4-6-16(19)13-15;/h2-6,10-11,13H,7-9,12,14H2,1H3,(H,21,25)(H2,20,22,23);1H. The zero-order valence-corrected chi connectivity index (χ0v) is 17.1. The van der Waals surface area contributed by atoms with Crippen molar-refractivity contribution in [1.82, 2.24) is 20.5 Å². The number of nitrogens with one attached hydrogen (secondary N) is 3. The predicted octanol–water partition coefficient (Wildman–Crippen LogP) is 1.77. The summed E-state index contributed by atoms with van der Waals surface area (Å²) in [6.07, 6.45) is 4.18. The summed E-state index contributed by atoms with van der Waals surface area (Å²) in [4.78, 5) is 16.0. The number of guanidine groups is 1. The number of aromatic nitrogens is 1. The van der Waals surface area contributed by atoms with Crippen molar-refractivity contribution in [1.29, 1.82) is 0 Å². The van der Waals surface area contributed by atoms with Gasteiger partial charge in [0.05, 0.1) is 6.42 Å². The lowest BCUT2D eigenvalue weighted by atomic mass is 10.1. The van der Waals surface area contributed by atoms with Crippen LogP contribution in [0.3, 0.4) is 0 Å². The fraction of sp³-hybridized carbons (Fsp3) is 0.333. The Morgan fingerprint density at radius 1 is 1.08 bits per heavy atom. The maximum absolute atomic E-state index is 13.1. The van der Waals surface area contributed by atoms with Crippen LogP contribution < -0.4 is 16.0 Å². The van der Waals surface area contributed by atoms with E-state index in [0.29, 0.717) is 24.6 Å². The molecule has 142 valence electrons. The average molecular weight is 473 g/mol. The third-order valence-electron chi connectivity index (χ3n) is 3.55. The number of aliphatic imine (C=N–C) groups is 1. The van der Waals surface area contributed by atoms with Crippen molar-refractivity contribution >= 4 is 35.8 Å². The zero-order valence-electron chi connectivity index (χ0n) is 14.7. The summed E-state index contributed by atoms with van der Waals surface area (Å²) in [7, 11) is 1.70. The number of halogens is 2. The summed E-state index contributed by atoms with van der Waals surface area (Å²) < 4.78 is 15.2. The van der Waals surface area contributed by atoms with Crippen LogP contribution in [-0.4, -0.2) is 43.1 Å². The van der Waals surface area contributed by atoms with E-state index in [9.17, 15) is 9.18 Å². The number of amides is 1. The lowest BCUT2D eigenvalue weighted by Gasteiger charge is -2.12. The molecule has 0 unspecified atom stereocenters. The Bertz CT molecular complexity index is 691. The van der Waals surface area contributed by atoms with Gasteiger partial charge in [0.2, 0.25) is 5.91 Å². The highest BCUT2D eigenvalue weighted by Crippen LogP contribution is 2.03. The Labute approximate surface area is 170 Å². The van der Waals surface area contributed by atoms with E-state index < -0.39 is 0 Å². The van der Waals surface area contributed by atoms with Gasteiger partial charge in [-0.1, -0.05) is 12.1 Å². The smallest absolute Gasteiger partial charge is 0.224 e. The van der Waals surface area contributed by atoms with Crippen LogP contribution in [0.15, 0.2) is 53.8 Å². The number of benzene rings is 1. The second kappa shape index (κ2) is 12.3. The Morgan fingerprint density at radius 2 is 1.77 bits per heavy atom. The molecule has 0 saturated heterocycles. The first-order valence-electron chi connectivity index (χ1n) is 8.24. The van der Waals surface area contributed by atoms with Crippen molar-refractivity contribution in [2.24, 2.45) is 4.99 Å². The molecule has 0 aliphatic heterocycles. The molecular weight excluding hydrogens is 448 g/mol. The lowest BCUT2D eigenvalue weighted by molar-refractivity contribution is -0.120. The van der Waals surface area contributed by atoms with Gasteiger partial charge in [-0.15, -0.1) is 24.0 Å². The van der Waals surface area contributed by atoms with Crippen LogP contribution in [0.25, 0.3) is 0 Å². The molecule has 0 aliphatic carbocycles. The van der Waals surface area contributed by atoms with Crippen LogP contribution >= 0.6 is 24.0 Å². The maximum atomic E-state index is 13.1. The van der Waals surface area contributed by atoms with E-state index in [1.807, 2.05) is 24.5 Å². The largest absolute Gasteiger partial charge is 0.355 e. The molecule has 8 heteroatoms. The Kier molecular flexibility index (Phi) is 10.4. The van der Waals surface area contributed by atoms with Crippen LogP contribution in [0.2, 0.25) is 0 Å². The molecular formula is C18H25FIN5O. The van der Waals surface area contributed by atoms with Gasteiger partial charge < -0.3 is 20.5 Å². The average Bonchev–Trinajstić information content (AvgIpc) is 3.10. The third kappa shape index (κ3) is 8.32. The fourth-order valence-electron chi connectivity index (χ4n) is 2.32. The molecule has 0 aliphatic rings. The summed E-state index contributed by atoms with van der Waals surface area (Å²) in [5, 5.41) is 9.14. The van der Waals surface area contributed by atoms with Gasteiger partial charge in [-0.2, -0.15) is 0 Å². The number of carbonyl (C=O) groups is 1. The number of carbonyl (C=O) groups excluding carboxylic acids is 1.